The molecule has 1 saturated heterocycles. The highest BCUT2D eigenvalue weighted by atomic mass is 35.5. The second-order valence-corrected chi connectivity index (χ2v) is 9.21. The van der Waals surface area contributed by atoms with E-state index in [9.17, 15) is 36.3 Å². The van der Waals surface area contributed by atoms with Crippen LogP contribution in [0.5, 0.6) is 0 Å². The van der Waals surface area contributed by atoms with Crippen molar-refractivity contribution in [2.45, 2.75) is 30.0 Å². The van der Waals surface area contributed by atoms with Crippen molar-refractivity contribution in [2.24, 2.45) is 0 Å². The number of alkyl halides is 3. The number of halogens is 4. The smallest absolute Gasteiger partial charge is 0.417 e. The zero-order valence-electron chi connectivity index (χ0n) is 16.2. The number of urea groups is 1. The van der Waals surface area contributed by atoms with Crippen LogP contribution in [0.15, 0.2) is 47.4 Å². The summed E-state index contributed by atoms with van der Waals surface area (Å²) in [5.41, 5.74) is -0.811. The van der Waals surface area contributed by atoms with Gasteiger partial charge in [-0.05, 0) is 55.3 Å². The van der Waals surface area contributed by atoms with Gasteiger partial charge in [0.25, 0.3) is 0 Å². The Morgan fingerprint density at radius 1 is 1.06 bits per heavy atom. The van der Waals surface area contributed by atoms with Gasteiger partial charge < -0.3 is 15.7 Å². The van der Waals surface area contributed by atoms with E-state index in [0.717, 1.165) is 22.5 Å². The minimum absolute atomic E-state index is 0.0217. The van der Waals surface area contributed by atoms with Crippen LogP contribution in [0.4, 0.5) is 29.3 Å². The van der Waals surface area contributed by atoms with Crippen molar-refractivity contribution < 1.29 is 36.3 Å². The molecule has 0 spiro atoms. The molecule has 0 aliphatic carbocycles. The summed E-state index contributed by atoms with van der Waals surface area (Å²) in [4.78, 5) is 23.3. The molecule has 0 bridgehead atoms. The summed E-state index contributed by atoms with van der Waals surface area (Å²) in [6, 6.07) is 5.86. The van der Waals surface area contributed by atoms with Crippen LogP contribution >= 0.6 is 11.6 Å². The third-order valence-corrected chi connectivity index (χ3v) is 6.97. The second-order valence-electron chi connectivity index (χ2n) is 6.91. The van der Waals surface area contributed by atoms with Gasteiger partial charge in [0.05, 0.1) is 15.5 Å². The van der Waals surface area contributed by atoms with Crippen LogP contribution in [-0.2, 0) is 21.0 Å². The van der Waals surface area contributed by atoms with E-state index in [-0.39, 0.29) is 29.2 Å². The van der Waals surface area contributed by atoms with Crippen molar-refractivity contribution in [3.05, 3.63) is 53.1 Å². The number of rotatable bonds is 5. The molecule has 32 heavy (non-hydrogen) atoms. The van der Waals surface area contributed by atoms with Crippen molar-refractivity contribution in [2.75, 3.05) is 17.2 Å². The maximum Gasteiger partial charge on any atom is 0.417 e. The lowest BCUT2D eigenvalue weighted by Gasteiger charge is -2.21. The van der Waals surface area contributed by atoms with E-state index in [1.165, 1.54) is 24.3 Å². The number of carboxylic acid groups (broad SMARTS) is 1. The number of nitrogens with zero attached hydrogens (tertiary/aromatic N) is 1. The van der Waals surface area contributed by atoms with Crippen LogP contribution in [-0.4, -0.2) is 42.4 Å². The van der Waals surface area contributed by atoms with Gasteiger partial charge in [-0.15, -0.1) is 0 Å². The van der Waals surface area contributed by atoms with Crippen LogP contribution < -0.4 is 10.6 Å². The molecule has 1 heterocycles. The highest BCUT2D eigenvalue weighted by molar-refractivity contribution is 7.89. The molecule has 1 aliphatic rings. The van der Waals surface area contributed by atoms with E-state index < -0.39 is 44.8 Å². The van der Waals surface area contributed by atoms with Crippen LogP contribution in [0.25, 0.3) is 0 Å². The lowest BCUT2D eigenvalue weighted by atomic mass is 10.2. The Hall–Kier alpha value is -2.83. The molecule has 172 valence electrons. The van der Waals surface area contributed by atoms with Crippen molar-refractivity contribution in [1.82, 2.24) is 4.31 Å². The Labute approximate surface area is 186 Å². The van der Waals surface area contributed by atoms with Gasteiger partial charge in [0, 0.05) is 17.9 Å². The summed E-state index contributed by atoms with van der Waals surface area (Å²) in [6.45, 7) is 0.0946. The summed E-state index contributed by atoms with van der Waals surface area (Å²) in [5.74, 6) is -1.22. The normalized spacial score (nSPS) is 17.2. The largest absolute Gasteiger partial charge is 0.480 e. The zero-order chi connectivity index (χ0) is 23.7. The molecular weight excluding hydrogens is 475 g/mol. The van der Waals surface area contributed by atoms with Crippen LogP contribution in [0, 0.1) is 0 Å². The number of hydrogen-bond acceptors (Lipinski definition) is 4. The fourth-order valence-corrected chi connectivity index (χ4v) is 5.18. The number of nitrogens with one attached hydrogen (secondary N) is 2. The zero-order valence-corrected chi connectivity index (χ0v) is 17.8. The van der Waals surface area contributed by atoms with E-state index >= 15 is 0 Å². The van der Waals surface area contributed by atoms with Gasteiger partial charge in [-0.2, -0.15) is 17.5 Å². The van der Waals surface area contributed by atoms with Crippen LogP contribution in [0.1, 0.15) is 18.4 Å². The predicted molar refractivity (Wildman–Crippen MR) is 110 cm³/mol. The summed E-state index contributed by atoms with van der Waals surface area (Å²) < 4.78 is 64.6. The third-order valence-electron chi connectivity index (χ3n) is 4.74. The number of carboxylic acids is 1. The Bertz CT molecular complexity index is 1140. The molecule has 3 N–H and O–H groups in total. The van der Waals surface area contributed by atoms with Crippen LogP contribution in [0.2, 0.25) is 5.02 Å². The molecule has 2 aromatic carbocycles. The average molecular weight is 492 g/mol. The minimum atomic E-state index is -4.63. The Kier molecular flexibility index (Phi) is 6.67. The third kappa shape index (κ3) is 5.14. The van der Waals surface area contributed by atoms with Crippen molar-refractivity contribution in [3.63, 3.8) is 0 Å². The first-order chi connectivity index (χ1) is 14.9. The van der Waals surface area contributed by atoms with E-state index in [2.05, 4.69) is 10.6 Å². The molecule has 3 rings (SSSR count). The SMILES string of the molecule is O=C(Nc1ccc(S(=O)(=O)N2CCC[C@H]2C(=O)O)cc1)Nc1ccc(C(F)(F)F)c(Cl)c1. The van der Waals surface area contributed by atoms with Crippen LogP contribution in [0.3, 0.4) is 0 Å². The first-order valence-electron chi connectivity index (χ1n) is 9.19. The van der Waals surface area contributed by atoms with E-state index in [1.54, 1.807) is 0 Å². The lowest BCUT2D eigenvalue weighted by molar-refractivity contribution is -0.140. The Morgan fingerprint density at radius 3 is 2.22 bits per heavy atom. The number of anilines is 2. The van der Waals surface area contributed by atoms with Gasteiger partial charge in [0.15, 0.2) is 0 Å². The molecule has 2 amide bonds. The highest BCUT2D eigenvalue weighted by Gasteiger charge is 2.39. The lowest BCUT2D eigenvalue weighted by Crippen LogP contribution is -2.40. The average Bonchev–Trinajstić information content (AvgIpc) is 3.18. The molecule has 1 aliphatic heterocycles. The van der Waals surface area contributed by atoms with E-state index in [1.807, 2.05) is 0 Å². The van der Waals surface area contributed by atoms with Crippen molar-refractivity contribution in [3.8, 4) is 0 Å². The fourth-order valence-electron chi connectivity index (χ4n) is 3.24. The molecule has 8 nitrogen and oxygen atoms in total. The van der Waals surface area contributed by atoms with E-state index in [4.69, 9.17) is 11.6 Å². The van der Waals surface area contributed by atoms with E-state index in [0.29, 0.717) is 6.42 Å². The van der Waals surface area contributed by atoms with Gasteiger partial charge >= 0.3 is 18.2 Å². The van der Waals surface area contributed by atoms with Gasteiger partial charge in [0.2, 0.25) is 10.0 Å². The van der Waals surface area contributed by atoms with Gasteiger partial charge in [-0.3, -0.25) is 4.79 Å². The maximum absolute atomic E-state index is 12.7. The molecule has 0 unspecified atom stereocenters. The molecule has 2 aromatic rings. The molecule has 1 fully saturated rings. The summed E-state index contributed by atoms with van der Waals surface area (Å²) in [7, 11) is -4.03. The van der Waals surface area contributed by atoms with Gasteiger partial charge in [-0.1, -0.05) is 11.6 Å². The molecule has 0 radical (unpaired) electrons. The Morgan fingerprint density at radius 2 is 1.66 bits per heavy atom. The number of amides is 2. The predicted octanol–water partition coefficient (Wildman–Crippen LogP) is 4.24. The molecule has 0 aromatic heterocycles. The minimum Gasteiger partial charge on any atom is -0.480 e. The first kappa shape index (κ1) is 23.8. The summed E-state index contributed by atoms with van der Waals surface area (Å²) in [5, 5.41) is 13.4. The first-order valence-corrected chi connectivity index (χ1v) is 11.0. The quantitative estimate of drug-likeness (QED) is 0.578. The summed E-state index contributed by atoms with van der Waals surface area (Å²) >= 11 is 5.61. The molecule has 1 atom stereocenters. The van der Waals surface area contributed by atoms with Gasteiger partial charge in [-0.25, -0.2) is 13.2 Å². The molecule has 13 heteroatoms. The fraction of sp³-hybridized carbons (Fsp3) is 0.263. The Balaban J connectivity index is 1.67. The van der Waals surface area contributed by atoms with Crippen molar-refractivity contribution in [1.29, 1.82) is 0 Å². The molecule has 0 saturated carbocycles. The number of carbonyl (C=O) groups excluding carboxylic acids is 1. The maximum atomic E-state index is 12.7. The molecular formula is C19H17ClF3N3O5S. The standard InChI is InChI=1S/C19H17ClF3N3O5S/c20-15-10-12(5-8-14(15)19(21,22)23)25-18(29)24-11-3-6-13(7-4-11)32(30,31)26-9-1-2-16(26)17(27)28/h3-8,10,16H,1-2,9H2,(H,27,28)(H2,24,25,29)/t16-/m0/s1. The second kappa shape index (κ2) is 8.96. The number of benzene rings is 2. The number of hydrogen-bond donors (Lipinski definition) is 3. The monoisotopic (exact) mass is 491 g/mol. The number of carbonyl (C=O) groups is 2. The topological polar surface area (TPSA) is 116 Å². The van der Waals surface area contributed by atoms with Crippen molar-refractivity contribution >= 4 is 45.0 Å². The van der Waals surface area contributed by atoms with Gasteiger partial charge in [0.1, 0.15) is 6.04 Å². The number of aliphatic carboxylic acids is 1. The summed E-state index contributed by atoms with van der Waals surface area (Å²) in [6.07, 6.45) is -3.97. The highest BCUT2D eigenvalue weighted by Crippen LogP contribution is 2.36. The number of sulfonamides is 1.